The monoisotopic (exact) mass is 274 g/mol. The molecule has 0 atom stereocenters. The molecule has 7 heteroatoms. The number of nitrogens with one attached hydrogen (secondary N) is 1. The van der Waals surface area contributed by atoms with Crippen LogP contribution in [0.3, 0.4) is 0 Å². The summed E-state index contributed by atoms with van der Waals surface area (Å²) in [6.45, 7) is 0. The number of sulfonamides is 1. The maximum Gasteiger partial charge on any atom is 0.239 e. The van der Waals surface area contributed by atoms with Gasteiger partial charge in [0.1, 0.15) is 0 Å². The van der Waals surface area contributed by atoms with Crippen LogP contribution in [0, 0.1) is 11.3 Å². The third-order valence-electron chi connectivity index (χ3n) is 2.25. The van der Waals surface area contributed by atoms with E-state index < -0.39 is 10.0 Å². The maximum absolute atomic E-state index is 11.9. The van der Waals surface area contributed by atoms with Crippen molar-refractivity contribution in [2.45, 2.75) is 5.75 Å². The molecule has 1 heterocycles. The van der Waals surface area contributed by atoms with Crippen molar-refractivity contribution in [1.29, 1.82) is 5.26 Å². The van der Waals surface area contributed by atoms with Crippen molar-refractivity contribution < 1.29 is 8.42 Å². The number of nitriles is 1. The van der Waals surface area contributed by atoms with E-state index in [1.165, 1.54) is 12.4 Å². The van der Waals surface area contributed by atoms with E-state index >= 15 is 0 Å². The molecule has 0 aliphatic heterocycles. The van der Waals surface area contributed by atoms with Gasteiger partial charge in [-0.2, -0.15) is 5.26 Å². The van der Waals surface area contributed by atoms with Crippen LogP contribution in [0.4, 0.5) is 5.95 Å². The molecule has 0 aliphatic carbocycles. The summed E-state index contributed by atoms with van der Waals surface area (Å²) in [5.74, 6) is -0.159. The van der Waals surface area contributed by atoms with E-state index in [0.717, 1.165) is 0 Å². The van der Waals surface area contributed by atoms with Gasteiger partial charge in [-0.1, -0.05) is 12.1 Å². The lowest BCUT2D eigenvalue weighted by Gasteiger charge is -2.06. The largest absolute Gasteiger partial charge is 0.251 e. The van der Waals surface area contributed by atoms with Crippen LogP contribution in [0.25, 0.3) is 0 Å². The fourth-order valence-electron chi connectivity index (χ4n) is 1.42. The Balaban J connectivity index is 2.11. The smallest absolute Gasteiger partial charge is 0.239 e. The van der Waals surface area contributed by atoms with Gasteiger partial charge < -0.3 is 0 Å². The van der Waals surface area contributed by atoms with Gasteiger partial charge >= 0.3 is 0 Å². The molecule has 6 nitrogen and oxygen atoms in total. The van der Waals surface area contributed by atoms with Crippen LogP contribution in [0.1, 0.15) is 11.1 Å². The van der Waals surface area contributed by atoms with Crippen LogP contribution in [-0.2, 0) is 15.8 Å². The summed E-state index contributed by atoms with van der Waals surface area (Å²) < 4.78 is 26.0. The number of benzene rings is 1. The van der Waals surface area contributed by atoms with Crippen LogP contribution in [0.15, 0.2) is 42.7 Å². The first kappa shape index (κ1) is 13.0. The highest BCUT2D eigenvalue weighted by atomic mass is 32.2. The highest BCUT2D eigenvalue weighted by molar-refractivity contribution is 7.91. The predicted octanol–water partition coefficient (Wildman–Crippen LogP) is 1.29. The van der Waals surface area contributed by atoms with E-state index in [2.05, 4.69) is 14.7 Å². The Morgan fingerprint density at radius 2 is 1.79 bits per heavy atom. The molecule has 0 fully saturated rings. The highest BCUT2D eigenvalue weighted by Crippen LogP contribution is 2.09. The van der Waals surface area contributed by atoms with Gasteiger partial charge in [0.25, 0.3) is 0 Å². The van der Waals surface area contributed by atoms with Crippen molar-refractivity contribution in [3.63, 3.8) is 0 Å². The van der Waals surface area contributed by atoms with Crippen LogP contribution in [0.2, 0.25) is 0 Å². The Kier molecular flexibility index (Phi) is 3.73. The standard InChI is InChI=1S/C12H10N4O2S/c13-8-10-2-4-11(5-3-10)9-19(17,18)16-12-14-6-1-7-15-12/h1-7H,9H2,(H,14,15,16). The SMILES string of the molecule is N#Cc1ccc(CS(=O)(=O)Nc2ncccn2)cc1. The van der Waals surface area contributed by atoms with Gasteiger partial charge in [-0.3, -0.25) is 4.72 Å². The van der Waals surface area contributed by atoms with Gasteiger partial charge in [0.05, 0.1) is 17.4 Å². The molecular weight excluding hydrogens is 264 g/mol. The van der Waals surface area contributed by atoms with Crippen LogP contribution < -0.4 is 4.72 Å². The molecule has 0 amide bonds. The van der Waals surface area contributed by atoms with E-state index in [-0.39, 0.29) is 11.7 Å². The van der Waals surface area contributed by atoms with Gasteiger partial charge in [0.15, 0.2) is 0 Å². The Labute approximate surface area is 110 Å². The van der Waals surface area contributed by atoms with E-state index in [1.807, 2.05) is 6.07 Å². The minimum atomic E-state index is -3.57. The molecule has 0 saturated carbocycles. The van der Waals surface area contributed by atoms with Gasteiger partial charge in [-0.05, 0) is 23.8 Å². The Morgan fingerprint density at radius 1 is 1.16 bits per heavy atom. The maximum atomic E-state index is 11.9. The van der Waals surface area contributed by atoms with Gasteiger partial charge in [-0.15, -0.1) is 0 Å². The molecule has 19 heavy (non-hydrogen) atoms. The third kappa shape index (κ3) is 3.76. The Morgan fingerprint density at radius 3 is 2.37 bits per heavy atom. The van der Waals surface area contributed by atoms with Crippen molar-refractivity contribution in [1.82, 2.24) is 9.97 Å². The summed E-state index contributed by atoms with van der Waals surface area (Å²) in [4.78, 5) is 7.58. The number of anilines is 1. The molecule has 0 bridgehead atoms. The molecule has 1 aromatic carbocycles. The molecule has 0 unspecified atom stereocenters. The quantitative estimate of drug-likeness (QED) is 0.906. The third-order valence-corrected chi connectivity index (χ3v) is 3.46. The average Bonchev–Trinajstić information content (AvgIpc) is 2.39. The topological polar surface area (TPSA) is 95.7 Å². The van der Waals surface area contributed by atoms with Gasteiger partial charge in [0.2, 0.25) is 16.0 Å². The number of rotatable bonds is 4. The lowest BCUT2D eigenvalue weighted by atomic mass is 10.2. The predicted molar refractivity (Wildman–Crippen MR) is 69.4 cm³/mol. The first-order chi connectivity index (χ1) is 9.09. The fourth-order valence-corrected chi connectivity index (χ4v) is 2.51. The molecule has 2 rings (SSSR count). The zero-order chi connectivity index (χ0) is 13.7. The van der Waals surface area contributed by atoms with E-state index in [9.17, 15) is 8.42 Å². The summed E-state index contributed by atoms with van der Waals surface area (Å²) in [5, 5.41) is 8.66. The summed E-state index contributed by atoms with van der Waals surface area (Å²) in [7, 11) is -3.57. The first-order valence-corrected chi connectivity index (χ1v) is 7.01. The fraction of sp³-hybridized carbons (Fsp3) is 0.0833. The van der Waals surface area contributed by atoms with Crippen molar-refractivity contribution in [2.24, 2.45) is 0 Å². The molecule has 1 aromatic heterocycles. The molecule has 0 radical (unpaired) electrons. The van der Waals surface area contributed by atoms with E-state index in [4.69, 9.17) is 5.26 Å². The minimum absolute atomic E-state index is 0.0381. The second-order valence-corrected chi connectivity index (χ2v) is 5.46. The second kappa shape index (κ2) is 5.46. The molecule has 0 aliphatic rings. The lowest BCUT2D eigenvalue weighted by molar-refractivity contribution is 0.600. The lowest BCUT2D eigenvalue weighted by Crippen LogP contribution is -2.16. The number of hydrogen-bond donors (Lipinski definition) is 1. The summed E-state index contributed by atoms with van der Waals surface area (Å²) >= 11 is 0. The number of hydrogen-bond acceptors (Lipinski definition) is 5. The highest BCUT2D eigenvalue weighted by Gasteiger charge is 2.12. The van der Waals surface area contributed by atoms with Crippen molar-refractivity contribution in [3.8, 4) is 6.07 Å². The average molecular weight is 274 g/mol. The minimum Gasteiger partial charge on any atom is -0.251 e. The summed E-state index contributed by atoms with van der Waals surface area (Å²) in [6, 6.07) is 9.92. The molecule has 96 valence electrons. The number of nitrogens with zero attached hydrogens (tertiary/aromatic N) is 3. The normalized spacial score (nSPS) is 10.7. The van der Waals surface area contributed by atoms with Crippen molar-refractivity contribution >= 4 is 16.0 Å². The molecule has 0 spiro atoms. The van der Waals surface area contributed by atoms with E-state index in [1.54, 1.807) is 30.3 Å². The first-order valence-electron chi connectivity index (χ1n) is 5.35. The van der Waals surface area contributed by atoms with Crippen LogP contribution in [-0.4, -0.2) is 18.4 Å². The van der Waals surface area contributed by atoms with Crippen molar-refractivity contribution in [3.05, 3.63) is 53.9 Å². The van der Waals surface area contributed by atoms with Crippen LogP contribution >= 0.6 is 0 Å². The Hall–Kier alpha value is -2.46. The van der Waals surface area contributed by atoms with Crippen molar-refractivity contribution in [2.75, 3.05) is 4.72 Å². The molecular formula is C12H10N4O2S. The van der Waals surface area contributed by atoms with Gasteiger partial charge in [-0.25, -0.2) is 18.4 Å². The molecule has 1 N–H and O–H groups in total. The molecule has 2 aromatic rings. The summed E-state index contributed by atoms with van der Waals surface area (Å²) in [6.07, 6.45) is 2.90. The Bertz CT molecular complexity index is 691. The van der Waals surface area contributed by atoms with Crippen LogP contribution in [0.5, 0.6) is 0 Å². The molecule has 0 saturated heterocycles. The zero-order valence-corrected chi connectivity index (χ0v) is 10.6. The summed E-state index contributed by atoms with van der Waals surface area (Å²) in [5.41, 5.74) is 1.07. The zero-order valence-electron chi connectivity index (χ0n) is 9.81. The van der Waals surface area contributed by atoms with E-state index in [0.29, 0.717) is 11.1 Å². The second-order valence-electron chi connectivity index (χ2n) is 3.74. The van der Waals surface area contributed by atoms with Gasteiger partial charge in [0, 0.05) is 12.4 Å². The number of aromatic nitrogens is 2.